The zero-order valence-electron chi connectivity index (χ0n) is 10.8. The third kappa shape index (κ3) is 4.98. The molecule has 0 aromatic heterocycles. The average Bonchev–Trinajstić information content (AvgIpc) is 2.33. The highest BCUT2D eigenvalue weighted by Gasteiger charge is 2.07. The molecule has 1 unspecified atom stereocenters. The largest absolute Gasteiger partial charge is 0.399 e. The van der Waals surface area contributed by atoms with E-state index in [1.54, 1.807) is 17.8 Å². The molecule has 0 heterocycles. The number of hydrogen-bond donors (Lipinski definition) is 3. The lowest BCUT2D eigenvalue weighted by molar-refractivity contribution is -0.115. The second-order valence-electron chi connectivity index (χ2n) is 4.24. The van der Waals surface area contributed by atoms with Crippen LogP contribution in [0.4, 0.5) is 11.4 Å². The van der Waals surface area contributed by atoms with Crippen LogP contribution in [0.15, 0.2) is 18.2 Å². The van der Waals surface area contributed by atoms with Crippen molar-refractivity contribution in [2.75, 3.05) is 23.4 Å². The van der Waals surface area contributed by atoms with Gasteiger partial charge in [-0.15, -0.1) is 0 Å². The lowest BCUT2D eigenvalue weighted by atomic mass is 10.2. The smallest absolute Gasteiger partial charge is 0.225 e. The molecule has 4 N–H and O–H groups in total. The molecule has 0 fully saturated rings. The molecule has 4 nitrogen and oxygen atoms in total. The molecular formula is C13H20N2O2S. The first kappa shape index (κ1) is 14.9. The maximum absolute atomic E-state index is 11.7. The summed E-state index contributed by atoms with van der Waals surface area (Å²) >= 11 is 1.59. The fourth-order valence-electron chi connectivity index (χ4n) is 1.39. The summed E-state index contributed by atoms with van der Waals surface area (Å²) in [5, 5.41) is 11.9. The van der Waals surface area contributed by atoms with Gasteiger partial charge >= 0.3 is 0 Å². The van der Waals surface area contributed by atoms with Crippen molar-refractivity contribution in [2.24, 2.45) is 0 Å². The van der Waals surface area contributed by atoms with E-state index >= 15 is 0 Å². The number of nitrogens with one attached hydrogen (secondary N) is 1. The minimum atomic E-state index is -0.0265. The lowest BCUT2D eigenvalue weighted by Crippen LogP contribution is -2.14. The van der Waals surface area contributed by atoms with Gasteiger partial charge in [-0.2, -0.15) is 11.8 Å². The average molecular weight is 268 g/mol. The number of nitrogens with two attached hydrogens (primary N) is 1. The number of anilines is 2. The molecule has 0 saturated heterocycles. The van der Waals surface area contributed by atoms with E-state index in [-0.39, 0.29) is 17.8 Å². The summed E-state index contributed by atoms with van der Waals surface area (Å²) in [6, 6.07) is 5.45. The Hall–Kier alpha value is -1.20. The number of aryl methyl sites for hydroxylation is 1. The van der Waals surface area contributed by atoms with Gasteiger partial charge in [0.2, 0.25) is 5.91 Å². The van der Waals surface area contributed by atoms with Crippen LogP contribution in [0.25, 0.3) is 0 Å². The van der Waals surface area contributed by atoms with Crippen molar-refractivity contribution in [1.29, 1.82) is 0 Å². The molecule has 0 aliphatic heterocycles. The van der Waals surface area contributed by atoms with Gasteiger partial charge in [-0.25, -0.2) is 0 Å². The van der Waals surface area contributed by atoms with Gasteiger partial charge < -0.3 is 16.2 Å². The second-order valence-corrected chi connectivity index (χ2v) is 5.78. The first-order valence-corrected chi connectivity index (χ1v) is 6.96. The van der Waals surface area contributed by atoms with Gasteiger partial charge in [-0.05, 0) is 24.6 Å². The van der Waals surface area contributed by atoms with Crippen LogP contribution in [0.2, 0.25) is 0 Å². The summed E-state index contributed by atoms with van der Waals surface area (Å²) in [5.74, 6) is 0.677. The predicted octanol–water partition coefficient (Wildman–Crippen LogP) is 2.02. The molecule has 1 atom stereocenters. The quantitative estimate of drug-likeness (QED) is 0.690. The summed E-state index contributed by atoms with van der Waals surface area (Å²) in [4.78, 5) is 11.7. The molecule has 0 bridgehead atoms. The fraction of sp³-hybridized carbons (Fsp3) is 0.462. The van der Waals surface area contributed by atoms with E-state index in [2.05, 4.69) is 5.32 Å². The number of amides is 1. The summed E-state index contributed by atoms with van der Waals surface area (Å²) in [6.45, 7) is 4.00. The maximum Gasteiger partial charge on any atom is 0.225 e. The Labute approximate surface area is 112 Å². The van der Waals surface area contributed by atoms with E-state index in [4.69, 9.17) is 10.8 Å². The molecule has 5 heteroatoms. The van der Waals surface area contributed by atoms with Crippen LogP contribution in [-0.4, -0.2) is 28.6 Å². The van der Waals surface area contributed by atoms with Gasteiger partial charge in [0.05, 0.1) is 6.61 Å². The molecule has 18 heavy (non-hydrogen) atoms. The molecule has 0 aliphatic carbocycles. The van der Waals surface area contributed by atoms with Crippen LogP contribution in [0.1, 0.15) is 18.9 Å². The summed E-state index contributed by atoms with van der Waals surface area (Å²) in [7, 11) is 0. The number of thioether (sulfide) groups is 1. The number of carbonyl (C=O) groups is 1. The van der Waals surface area contributed by atoms with E-state index in [1.807, 2.05) is 26.0 Å². The highest BCUT2D eigenvalue weighted by Crippen LogP contribution is 2.18. The van der Waals surface area contributed by atoms with Gasteiger partial charge in [0.15, 0.2) is 0 Å². The Balaban J connectivity index is 2.42. The number of hydrogen-bond acceptors (Lipinski definition) is 4. The van der Waals surface area contributed by atoms with E-state index in [9.17, 15) is 4.79 Å². The van der Waals surface area contributed by atoms with Crippen molar-refractivity contribution in [3.8, 4) is 0 Å². The lowest BCUT2D eigenvalue weighted by Gasteiger charge is -2.10. The topological polar surface area (TPSA) is 75.3 Å². The second kappa shape index (κ2) is 7.28. The Morgan fingerprint density at radius 1 is 1.56 bits per heavy atom. The van der Waals surface area contributed by atoms with Crippen molar-refractivity contribution in [3.05, 3.63) is 23.8 Å². The Kier molecular flexibility index (Phi) is 6.01. The molecule has 1 aromatic carbocycles. The molecule has 1 amide bonds. The zero-order valence-corrected chi connectivity index (χ0v) is 11.6. The number of rotatable bonds is 6. The summed E-state index contributed by atoms with van der Waals surface area (Å²) < 4.78 is 0. The highest BCUT2D eigenvalue weighted by atomic mass is 32.2. The number of carbonyl (C=O) groups excluding carboxylic acids is 1. The van der Waals surface area contributed by atoms with Crippen LogP contribution < -0.4 is 11.1 Å². The standard InChI is InChI=1S/C13H20N2O2S/c1-9-3-4-11(14)7-12(9)15-13(17)5-6-18-10(2)8-16/h3-4,7,10,16H,5-6,8,14H2,1-2H3,(H,15,17). The van der Waals surface area contributed by atoms with Crippen molar-refractivity contribution in [1.82, 2.24) is 0 Å². The monoisotopic (exact) mass is 268 g/mol. The molecule has 0 spiro atoms. The van der Waals surface area contributed by atoms with E-state index < -0.39 is 0 Å². The van der Waals surface area contributed by atoms with Gasteiger partial charge in [0.25, 0.3) is 0 Å². The Bertz CT molecular complexity index is 410. The number of aliphatic hydroxyl groups is 1. The van der Waals surface area contributed by atoms with Gasteiger partial charge in [-0.1, -0.05) is 13.0 Å². The molecule has 1 aromatic rings. The Morgan fingerprint density at radius 2 is 2.28 bits per heavy atom. The van der Waals surface area contributed by atoms with Gasteiger partial charge in [0, 0.05) is 28.8 Å². The van der Waals surface area contributed by atoms with Crippen LogP contribution in [-0.2, 0) is 4.79 Å². The minimum absolute atomic E-state index is 0.0265. The number of nitrogen functional groups attached to an aromatic ring is 1. The number of aliphatic hydroxyl groups excluding tert-OH is 1. The first-order chi connectivity index (χ1) is 8.52. The maximum atomic E-state index is 11.7. The van der Waals surface area contributed by atoms with Crippen LogP contribution in [0.5, 0.6) is 0 Å². The summed E-state index contributed by atoms with van der Waals surface area (Å²) in [6.07, 6.45) is 0.434. The molecule has 0 saturated carbocycles. The van der Waals surface area contributed by atoms with Crippen molar-refractivity contribution >= 4 is 29.0 Å². The highest BCUT2D eigenvalue weighted by molar-refractivity contribution is 7.99. The van der Waals surface area contributed by atoms with E-state index in [0.717, 1.165) is 11.3 Å². The van der Waals surface area contributed by atoms with Crippen LogP contribution in [0.3, 0.4) is 0 Å². The molecular weight excluding hydrogens is 248 g/mol. The molecule has 1 rings (SSSR count). The first-order valence-electron chi connectivity index (χ1n) is 5.91. The fourth-order valence-corrected chi connectivity index (χ4v) is 2.20. The predicted molar refractivity (Wildman–Crippen MR) is 77.8 cm³/mol. The van der Waals surface area contributed by atoms with Crippen molar-refractivity contribution in [2.45, 2.75) is 25.5 Å². The van der Waals surface area contributed by atoms with Gasteiger partial charge in [-0.3, -0.25) is 4.79 Å². The SMILES string of the molecule is Cc1ccc(N)cc1NC(=O)CCSC(C)CO. The van der Waals surface area contributed by atoms with E-state index in [0.29, 0.717) is 17.9 Å². The molecule has 0 aliphatic rings. The molecule has 0 radical (unpaired) electrons. The third-order valence-electron chi connectivity index (χ3n) is 2.52. The minimum Gasteiger partial charge on any atom is -0.399 e. The number of benzene rings is 1. The summed E-state index contributed by atoms with van der Waals surface area (Å²) in [5.41, 5.74) is 8.07. The normalized spacial score (nSPS) is 12.2. The van der Waals surface area contributed by atoms with Crippen LogP contribution >= 0.6 is 11.8 Å². The third-order valence-corrected chi connectivity index (χ3v) is 3.68. The van der Waals surface area contributed by atoms with Crippen molar-refractivity contribution < 1.29 is 9.90 Å². The van der Waals surface area contributed by atoms with Gasteiger partial charge in [0.1, 0.15) is 0 Å². The van der Waals surface area contributed by atoms with E-state index in [1.165, 1.54) is 0 Å². The molecule has 100 valence electrons. The zero-order chi connectivity index (χ0) is 13.5. The Morgan fingerprint density at radius 3 is 2.94 bits per heavy atom. The van der Waals surface area contributed by atoms with Crippen molar-refractivity contribution in [3.63, 3.8) is 0 Å². The van der Waals surface area contributed by atoms with Crippen LogP contribution in [0, 0.1) is 6.92 Å².